The van der Waals surface area contributed by atoms with Crippen LogP contribution in [0.5, 0.6) is 0 Å². The zero-order chi connectivity index (χ0) is 18.8. The van der Waals surface area contributed by atoms with Crippen LogP contribution in [0.15, 0.2) is 41.3 Å². The monoisotopic (exact) mass is 380 g/mol. The highest BCUT2D eigenvalue weighted by atomic mass is 35.5. The number of aryl methyl sites for hydroxylation is 2. The normalized spacial score (nSPS) is 11.4. The van der Waals surface area contributed by atoms with Crippen LogP contribution in [0.1, 0.15) is 35.3 Å². The highest BCUT2D eigenvalue weighted by molar-refractivity contribution is 7.92. The average molecular weight is 381 g/mol. The summed E-state index contributed by atoms with van der Waals surface area (Å²) in [5, 5.41) is 2.78. The Balaban J connectivity index is 2.41. The fourth-order valence-corrected chi connectivity index (χ4v) is 3.89. The SMILES string of the molecule is Cc1ccc(C)c(NS(=O)(=O)c2cc(C(=O)NC(C)C)ccc2Cl)c1. The Hall–Kier alpha value is -2.05. The molecular formula is C18H21ClN2O3S. The molecule has 25 heavy (non-hydrogen) atoms. The van der Waals surface area contributed by atoms with Crippen molar-refractivity contribution in [3.63, 3.8) is 0 Å². The minimum Gasteiger partial charge on any atom is -0.350 e. The third-order valence-corrected chi connectivity index (χ3v) is 5.39. The lowest BCUT2D eigenvalue weighted by atomic mass is 10.1. The number of benzene rings is 2. The van der Waals surface area contributed by atoms with E-state index >= 15 is 0 Å². The summed E-state index contributed by atoms with van der Waals surface area (Å²) >= 11 is 6.08. The Morgan fingerprint density at radius 1 is 1.08 bits per heavy atom. The number of sulfonamides is 1. The summed E-state index contributed by atoms with van der Waals surface area (Å²) in [6, 6.07) is 9.61. The van der Waals surface area contributed by atoms with Crippen molar-refractivity contribution in [1.82, 2.24) is 5.32 Å². The zero-order valence-corrected chi connectivity index (χ0v) is 16.1. The van der Waals surface area contributed by atoms with Crippen LogP contribution in [0.4, 0.5) is 5.69 Å². The van der Waals surface area contributed by atoms with Gasteiger partial charge in [-0.25, -0.2) is 8.42 Å². The largest absolute Gasteiger partial charge is 0.350 e. The molecule has 2 aromatic carbocycles. The molecule has 0 aromatic heterocycles. The van der Waals surface area contributed by atoms with Gasteiger partial charge in [0.1, 0.15) is 4.90 Å². The third kappa shape index (κ3) is 4.74. The topological polar surface area (TPSA) is 75.3 Å². The van der Waals surface area contributed by atoms with Gasteiger partial charge in [-0.3, -0.25) is 9.52 Å². The number of amides is 1. The van der Waals surface area contributed by atoms with Crippen molar-refractivity contribution in [3.05, 3.63) is 58.1 Å². The zero-order valence-electron chi connectivity index (χ0n) is 14.6. The summed E-state index contributed by atoms with van der Waals surface area (Å²) in [4.78, 5) is 12.0. The second-order valence-corrected chi connectivity index (χ2v) is 8.26. The predicted octanol–water partition coefficient (Wildman–Crippen LogP) is 3.90. The molecule has 5 nitrogen and oxygen atoms in total. The fourth-order valence-electron chi connectivity index (χ4n) is 2.24. The lowest BCUT2D eigenvalue weighted by Crippen LogP contribution is -2.30. The molecule has 134 valence electrons. The predicted molar refractivity (Wildman–Crippen MR) is 101 cm³/mol. The molecule has 7 heteroatoms. The lowest BCUT2D eigenvalue weighted by Gasteiger charge is -2.14. The van der Waals surface area contributed by atoms with E-state index in [2.05, 4.69) is 10.0 Å². The second kappa shape index (κ2) is 7.45. The van der Waals surface area contributed by atoms with Gasteiger partial charge < -0.3 is 5.32 Å². The lowest BCUT2D eigenvalue weighted by molar-refractivity contribution is 0.0943. The number of rotatable bonds is 5. The van der Waals surface area contributed by atoms with Crippen molar-refractivity contribution < 1.29 is 13.2 Å². The van der Waals surface area contributed by atoms with Crippen molar-refractivity contribution >= 4 is 33.2 Å². The van der Waals surface area contributed by atoms with Crippen LogP contribution in [0.25, 0.3) is 0 Å². The van der Waals surface area contributed by atoms with Gasteiger partial charge in [-0.1, -0.05) is 23.7 Å². The van der Waals surface area contributed by atoms with E-state index in [4.69, 9.17) is 11.6 Å². The van der Waals surface area contributed by atoms with Crippen LogP contribution in [-0.4, -0.2) is 20.4 Å². The molecule has 0 aliphatic rings. The van der Waals surface area contributed by atoms with E-state index in [0.717, 1.165) is 11.1 Å². The van der Waals surface area contributed by atoms with Crippen LogP contribution in [-0.2, 0) is 10.0 Å². The van der Waals surface area contributed by atoms with E-state index in [0.29, 0.717) is 5.69 Å². The smallest absolute Gasteiger partial charge is 0.263 e. The molecule has 0 spiro atoms. The first-order valence-electron chi connectivity index (χ1n) is 7.80. The molecule has 1 amide bonds. The molecule has 0 saturated carbocycles. The fraction of sp³-hybridized carbons (Fsp3) is 0.278. The molecule has 2 rings (SSSR count). The number of anilines is 1. The molecule has 0 fully saturated rings. The van der Waals surface area contributed by atoms with Crippen LogP contribution in [0.3, 0.4) is 0 Å². The Morgan fingerprint density at radius 2 is 1.76 bits per heavy atom. The molecule has 0 atom stereocenters. The van der Waals surface area contributed by atoms with E-state index in [-0.39, 0.29) is 27.4 Å². The minimum absolute atomic E-state index is 0.0545. The summed E-state index contributed by atoms with van der Waals surface area (Å²) in [5.74, 6) is -0.352. The van der Waals surface area contributed by atoms with Gasteiger partial charge in [0.25, 0.3) is 15.9 Å². The molecular weight excluding hydrogens is 360 g/mol. The van der Waals surface area contributed by atoms with E-state index in [1.807, 2.05) is 39.8 Å². The van der Waals surface area contributed by atoms with Gasteiger partial charge in [0.2, 0.25) is 0 Å². The van der Waals surface area contributed by atoms with Crippen LogP contribution < -0.4 is 10.0 Å². The molecule has 0 saturated heterocycles. The van der Waals surface area contributed by atoms with Gasteiger partial charge >= 0.3 is 0 Å². The Morgan fingerprint density at radius 3 is 2.40 bits per heavy atom. The Bertz CT molecular complexity index is 909. The van der Waals surface area contributed by atoms with E-state index < -0.39 is 10.0 Å². The number of carbonyl (C=O) groups is 1. The summed E-state index contributed by atoms with van der Waals surface area (Å²) in [6.45, 7) is 7.34. The number of hydrogen-bond acceptors (Lipinski definition) is 3. The maximum Gasteiger partial charge on any atom is 0.263 e. The van der Waals surface area contributed by atoms with Crippen molar-refractivity contribution in [2.75, 3.05) is 4.72 Å². The van der Waals surface area contributed by atoms with Gasteiger partial charge in [0.05, 0.1) is 10.7 Å². The summed E-state index contributed by atoms with van der Waals surface area (Å²) in [6.07, 6.45) is 0. The molecule has 0 unspecified atom stereocenters. The quantitative estimate of drug-likeness (QED) is 0.826. The first kappa shape index (κ1) is 19.3. The summed E-state index contributed by atoms with van der Waals surface area (Å²) in [7, 11) is -3.93. The number of hydrogen-bond donors (Lipinski definition) is 2. The van der Waals surface area contributed by atoms with Crippen LogP contribution >= 0.6 is 11.6 Å². The number of halogens is 1. The van der Waals surface area contributed by atoms with Gasteiger partial charge in [0.15, 0.2) is 0 Å². The molecule has 2 N–H and O–H groups in total. The van der Waals surface area contributed by atoms with Gasteiger partial charge in [-0.05, 0) is 63.1 Å². The molecule has 0 radical (unpaired) electrons. The summed E-state index contributed by atoms with van der Waals surface area (Å²) in [5.41, 5.74) is 2.44. The highest BCUT2D eigenvalue weighted by Crippen LogP contribution is 2.26. The standard InChI is InChI=1S/C18H21ClN2O3S/c1-11(2)20-18(22)14-7-8-15(19)17(10-14)25(23,24)21-16-9-12(3)5-6-13(16)4/h5-11,21H,1-4H3,(H,20,22). The van der Waals surface area contributed by atoms with E-state index in [1.54, 1.807) is 6.07 Å². The van der Waals surface area contributed by atoms with Crippen molar-refractivity contribution in [3.8, 4) is 0 Å². The van der Waals surface area contributed by atoms with Crippen molar-refractivity contribution in [2.45, 2.75) is 38.6 Å². The number of nitrogens with one attached hydrogen (secondary N) is 2. The Labute approximate surface area is 153 Å². The van der Waals surface area contributed by atoms with E-state index in [9.17, 15) is 13.2 Å². The first-order valence-corrected chi connectivity index (χ1v) is 9.67. The highest BCUT2D eigenvalue weighted by Gasteiger charge is 2.21. The summed E-state index contributed by atoms with van der Waals surface area (Å²) < 4.78 is 28.1. The van der Waals surface area contributed by atoms with Crippen molar-refractivity contribution in [2.24, 2.45) is 0 Å². The van der Waals surface area contributed by atoms with Crippen LogP contribution in [0.2, 0.25) is 5.02 Å². The van der Waals surface area contributed by atoms with E-state index in [1.165, 1.54) is 18.2 Å². The maximum atomic E-state index is 12.8. The molecule has 0 heterocycles. The molecule has 0 bridgehead atoms. The number of carbonyl (C=O) groups excluding carboxylic acids is 1. The molecule has 0 aliphatic carbocycles. The minimum atomic E-state index is -3.93. The molecule has 2 aromatic rings. The molecule has 0 aliphatic heterocycles. The maximum absolute atomic E-state index is 12.8. The van der Waals surface area contributed by atoms with Gasteiger partial charge in [-0.15, -0.1) is 0 Å². The van der Waals surface area contributed by atoms with Gasteiger partial charge in [0, 0.05) is 11.6 Å². The Kier molecular flexibility index (Phi) is 5.75. The first-order chi connectivity index (χ1) is 11.6. The average Bonchev–Trinajstić information content (AvgIpc) is 2.50. The van der Waals surface area contributed by atoms with Gasteiger partial charge in [-0.2, -0.15) is 0 Å². The second-order valence-electron chi connectivity index (χ2n) is 6.20. The third-order valence-electron chi connectivity index (χ3n) is 3.54. The van der Waals surface area contributed by atoms with Crippen molar-refractivity contribution in [1.29, 1.82) is 0 Å². The van der Waals surface area contributed by atoms with Crippen LogP contribution in [0, 0.1) is 13.8 Å².